The highest BCUT2D eigenvalue weighted by atomic mass is 19.1. The quantitative estimate of drug-likeness (QED) is 0.0391. The van der Waals surface area contributed by atoms with E-state index in [4.69, 9.17) is 37.9 Å². The molecule has 0 spiro atoms. The van der Waals surface area contributed by atoms with Crippen molar-refractivity contribution in [2.75, 3.05) is 52.9 Å². The molecule has 0 bridgehead atoms. The van der Waals surface area contributed by atoms with Gasteiger partial charge in [0.2, 0.25) is 0 Å². The molecular weight excluding hydrogens is 678 g/mol. The van der Waals surface area contributed by atoms with Crippen LogP contribution in [0.25, 0.3) is 0 Å². The fourth-order valence-corrected chi connectivity index (χ4v) is 5.09. The molecule has 0 N–H and O–H groups in total. The van der Waals surface area contributed by atoms with Crippen LogP contribution < -0.4 is 18.9 Å². The average Bonchev–Trinajstić information content (AvgIpc) is 4.05. The molecule has 2 saturated heterocycles. The normalized spacial score (nSPS) is 18.8. The maximum absolute atomic E-state index is 14.7. The van der Waals surface area contributed by atoms with Crippen LogP contribution in [-0.2, 0) is 18.9 Å². The molecule has 2 aliphatic rings. The van der Waals surface area contributed by atoms with Crippen LogP contribution in [0, 0.1) is 11.6 Å². The Morgan fingerprint density at radius 1 is 0.558 bits per heavy atom. The SMILES string of the molecule is CC1(COCCCCCCOc2ccc(C(=O)Oc3ccc(OC(=O)c4ccc(OCCCCCCOCC5(C)CO5)cc4F)cc3)c(F)c2)CO1. The van der Waals surface area contributed by atoms with Crippen molar-refractivity contribution in [1.82, 2.24) is 0 Å². The van der Waals surface area contributed by atoms with E-state index >= 15 is 0 Å². The largest absolute Gasteiger partial charge is 0.493 e. The summed E-state index contributed by atoms with van der Waals surface area (Å²) in [6, 6.07) is 13.5. The molecule has 0 radical (unpaired) electrons. The second-order valence-electron chi connectivity index (χ2n) is 13.6. The molecule has 3 aromatic carbocycles. The summed E-state index contributed by atoms with van der Waals surface area (Å²) < 4.78 is 73.1. The minimum atomic E-state index is -0.901. The van der Waals surface area contributed by atoms with Gasteiger partial charge in [-0.3, -0.25) is 0 Å². The summed E-state index contributed by atoms with van der Waals surface area (Å²) >= 11 is 0. The Morgan fingerprint density at radius 3 is 1.25 bits per heavy atom. The van der Waals surface area contributed by atoms with Crippen LogP contribution in [-0.4, -0.2) is 76.0 Å². The Morgan fingerprint density at radius 2 is 0.904 bits per heavy atom. The Bertz CT molecular complexity index is 1490. The molecule has 10 nitrogen and oxygen atoms in total. The molecule has 52 heavy (non-hydrogen) atoms. The van der Waals surface area contributed by atoms with Crippen LogP contribution in [0.3, 0.4) is 0 Å². The predicted octanol–water partition coefficient (Wildman–Crippen LogP) is 7.89. The lowest BCUT2D eigenvalue weighted by molar-refractivity contribution is 0.0714. The van der Waals surface area contributed by atoms with Crippen molar-refractivity contribution in [2.45, 2.75) is 76.4 Å². The first-order chi connectivity index (χ1) is 25.1. The van der Waals surface area contributed by atoms with E-state index in [2.05, 4.69) is 0 Å². The zero-order valence-corrected chi connectivity index (χ0v) is 29.9. The molecule has 0 saturated carbocycles. The van der Waals surface area contributed by atoms with Crippen molar-refractivity contribution in [3.05, 3.63) is 83.4 Å². The van der Waals surface area contributed by atoms with Gasteiger partial charge in [0, 0.05) is 25.3 Å². The smallest absolute Gasteiger partial charge is 0.346 e. The lowest BCUT2D eigenvalue weighted by atomic mass is 10.2. The number of unbranched alkanes of at least 4 members (excludes halogenated alkanes) is 6. The molecule has 2 heterocycles. The predicted molar refractivity (Wildman–Crippen MR) is 187 cm³/mol. The van der Waals surface area contributed by atoms with Gasteiger partial charge in [0.25, 0.3) is 0 Å². The molecular formula is C40H48F2O10. The van der Waals surface area contributed by atoms with Crippen molar-refractivity contribution < 1.29 is 56.3 Å². The maximum atomic E-state index is 14.7. The zero-order valence-electron chi connectivity index (χ0n) is 29.9. The van der Waals surface area contributed by atoms with E-state index in [9.17, 15) is 18.4 Å². The number of benzene rings is 3. The standard InChI is InChI=1S/C40H48F2O10/c1-39(27-49-39)25-45-19-7-3-5-9-21-47-31-15-17-33(35(41)23-31)37(43)51-29-11-13-30(14-12-29)52-38(44)34-18-16-32(24-36(34)42)48-22-10-6-4-8-20-46-26-40(2)28-50-40/h11-18,23-24H,3-10,19-22,25-28H2,1-2H3. The third kappa shape index (κ3) is 13.1. The number of esters is 2. The number of carbonyl (C=O) groups is 2. The van der Waals surface area contributed by atoms with Gasteiger partial charge in [-0.25, -0.2) is 18.4 Å². The van der Waals surface area contributed by atoms with Gasteiger partial charge < -0.3 is 37.9 Å². The number of carbonyl (C=O) groups excluding carboxylic acids is 2. The van der Waals surface area contributed by atoms with E-state index in [0.29, 0.717) is 51.1 Å². The number of hydrogen-bond donors (Lipinski definition) is 0. The van der Waals surface area contributed by atoms with Crippen LogP contribution in [0.2, 0.25) is 0 Å². The molecule has 2 unspecified atom stereocenters. The molecule has 282 valence electrons. The Balaban J connectivity index is 0.957. The highest BCUT2D eigenvalue weighted by molar-refractivity contribution is 5.92. The van der Waals surface area contributed by atoms with Crippen molar-refractivity contribution in [3.63, 3.8) is 0 Å². The van der Waals surface area contributed by atoms with Crippen molar-refractivity contribution in [2.24, 2.45) is 0 Å². The molecule has 3 aromatic rings. The first-order valence-electron chi connectivity index (χ1n) is 17.9. The van der Waals surface area contributed by atoms with Crippen LogP contribution in [0.15, 0.2) is 60.7 Å². The molecule has 0 amide bonds. The summed E-state index contributed by atoms with van der Waals surface area (Å²) in [5, 5.41) is 0. The van der Waals surface area contributed by atoms with Gasteiger partial charge >= 0.3 is 11.9 Å². The van der Waals surface area contributed by atoms with Crippen molar-refractivity contribution in [3.8, 4) is 23.0 Å². The maximum Gasteiger partial charge on any atom is 0.346 e. The minimum absolute atomic E-state index is 0.0866. The number of epoxide rings is 2. The van der Waals surface area contributed by atoms with Gasteiger partial charge in [-0.2, -0.15) is 0 Å². The Labute approximate surface area is 303 Å². The summed E-state index contributed by atoms with van der Waals surface area (Å²) in [6.45, 7) is 9.08. The third-order valence-corrected chi connectivity index (χ3v) is 8.56. The second-order valence-corrected chi connectivity index (χ2v) is 13.6. The van der Waals surface area contributed by atoms with Crippen LogP contribution in [0.5, 0.6) is 23.0 Å². The molecule has 0 aromatic heterocycles. The van der Waals surface area contributed by atoms with Gasteiger partial charge in [-0.15, -0.1) is 0 Å². The van der Waals surface area contributed by atoms with E-state index < -0.39 is 23.6 Å². The summed E-state index contributed by atoms with van der Waals surface area (Å²) in [5.74, 6) is -2.51. The Hall–Kier alpha value is -4.10. The summed E-state index contributed by atoms with van der Waals surface area (Å²) in [4.78, 5) is 25.3. The highest BCUT2D eigenvalue weighted by Crippen LogP contribution is 2.27. The first-order valence-corrected chi connectivity index (χ1v) is 17.9. The minimum Gasteiger partial charge on any atom is -0.493 e. The zero-order chi connectivity index (χ0) is 36.8. The summed E-state index contributed by atoms with van der Waals surface area (Å²) in [7, 11) is 0. The van der Waals surface area contributed by atoms with E-state index in [-0.39, 0.29) is 33.8 Å². The van der Waals surface area contributed by atoms with E-state index in [1.807, 2.05) is 13.8 Å². The second kappa shape index (κ2) is 19.1. The summed E-state index contributed by atoms with van der Waals surface area (Å²) in [6.07, 6.45) is 7.44. The number of rotatable bonds is 24. The van der Waals surface area contributed by atoms with Gasteiger partial charge in [0.1, 0.15) is 45.8 Å². The van der Waals surface area contributed by atoms with Gasteiger partial charge in [-0.05, 0) is 101 Å². The monoisotopic (exact) mass is 726 g/mol. The first kappa shape index (κ1) is 39.1. The third-order valence-electron chi connectivity index (χ3n) is 8.56. The topological polar surface area (TPSA) is 115 Å². The van der Waals surface area contributed by atoms with Crippen LogP contribution >= 0.6 is 0 Å². The number of hydrogen-bond acceptors (Lipinski definition) is 10. The van der Waals surface area contributed by atoms with Gasteiger partial charge in [0.05, 0.1) is 50.8 Å². The molecule has 5 rings (SSSR count). The molecule has 2 aliphatic heterocycles. The molecule has 12 heteroatoms. The van der Waals surface area contributed by atoms with Gasteiger partial charge in [-0.1, -0.05) is 12.8 Å². The van der Waals surface area contributed by atoms with Crippen molar-refractivity contribution >= 4 is 11.9 Å². The average molecular weight is 727 g/mol. The van der Waals surface area contributed by atoms with Crippen LogP contribution in [0.4, 0.5) is 8.78 Å². The fraction of sp³-hybridized carbons (Fsp3) is 0.500. The lowest BCUT2D eigenvalue weighted by Gasteiger charge is -2.10. The van der Waals surface area contributed by atoms with Crippen molar-refractivity contribution in [1.29, 1.82) is 0 Å². The van der Waals surface area contributed by atoms with Gasteiger partial charge in [0.15, 0.2) is 0 Å². The summed E-state index contributed by atoms with van der Waals surface area (Å²) in [5.41, 5.74) is -0.689. The van der Waals surface area contributed by atoms with Crippen LogP contribution in [0.1, 0.15) is 85.9 Å². The lowest BCUT2D eigenvalue weighted by Crippen LogP contribution is -2.14. The van der Waals surface area contributed by atoms with E-state index in [1.165, 1.54) is 48.5 Å². The molecule has 2 atom stereocenters. The highest BCUT2D eigenvalue weighted by Gasteiger charge is 2.40. The fourth-order valence-electron chi connectivity index (χ4n) is 5.09. The number of ether oxygens (including phenoxy) is 8. The van der Waals surface area contributed by atoms with E-state index in [1.54, 1.807) is 0 Å². The van der Waals surface area contributed by atoms with E-state index in [0.717, 1.165) is 76.7 Å². The Kier molecular flexibility index (Phi) is 14.4. The number of halogens is 2. The molecule has 2 fully saturated rings. The molecule has 0 aliphatic carbocycles.